The average molecular weight is 260 g/mol. The van der Waals surface area contributed by atoms with E-state index in [0.717, 1.165) is 15.6 Å². The van der Waals surface area contributed by atoms with Gasteiger partial charge in [0.2, 0.25) is 0 Å². The largest absolute Gasteiger partial charge is 0.384 e. The lowest BCUT2D eigenvalue weighted by atomic mass is 10.1. The van der Waals surface area contributed by atoms with Crippen molar-refractivity contribution in [2.45, 2.75) is 6.92 Å². The third-order valence-corrected chi connectivity index (χ3v) is 2.97. The van der Waals surface area contributed by atoms with Gasteiger partial charge in [0, 0.05) is 10.0 Å². The third kappa shape index (κ3) is 2.47. The van der Waals surface area contributed by atoms with Gasteiger partial charge in [-0.1, -0.05) is 39.4 Å². The molecule has 0 fully saturated rings. The number of aliphatic hydroxyl groups excluding tert-OH is 1. The van der Waals surface area contributed by atoms with Crippen LogP contribution in [-0.2, 0) is 0 Å². The fourth-order valence-corrected chi connectivity index (χ4v) is 1.55. The minimum absolute atomic E-state index is 0.147. The molecule has 0 saturated carbocycles. The molecule has 13 heavy (non-hydrogen) atoms. The van der Waals surface area contributed by atoms with Gasteiger partial charge in [0.1, 0.15) is 6.61 Å². The summed E-state index contributed by atoms with van der Waals surface area (Å²) < 4.78 is 0.965. The Morgan fingerprint density at radius 2 is 2.23 bits per heavy atom. The molecule has 0 aliphatic heterocycles. The fourth-order valence-electron chi connectivity index (χ4n) is 0.893. The Labute approximate surface area is 90.9 Å². The summed E-state index contributed by atoms with van der Waals surface area (Å²) in [6.45, 7) is 1.77. The van der Waals surface area contributed by atoms with Gasteiger partial charge in [0.15, 0.2) is 0 Å². The van der Waals surface area contributed by atoms with Gasteiger partial charge in [-0.2, -0.15) is 0 Å². The lowest BCUT2D eigenvalue weighted by Crippen LogP contribution is -1.84. The van der Waals surface area contributed by atoms with E-state index in [0.29, 0.717) is 5.02 Å². The van der Waals surface area contributed by atoms with Gasteiger partial charge in [-0.25, -0.2) is 0 Å². The molecule has 0 amide bonds. The number of halogens is 2. The number of hydrogen-bond donors (Lipinski definition) is 1. The van der Waals surface area contributed by atoms with Crippen LogP contribution in [0.1, 0.15) is 11.1 Å². The molecule has 3 heteroatoms. The first-order valence-corrected chi connectivity index (χ1v) is 4.88. The molecule has 68 valence electrons. The van der Waals surface area contributed by atoms with E-state index in [9.17, 15) is 0 Å². The molecule has 0 aliphatic rings. The van der Waals surface area contributed by atoms with Gasteiger partial charge in [-0.15, -0.1) is 0 Å². The van der Waals surface area contributed by atoms with Gasteiger partial charge in [-0.05, 0) is 24.6 Å². The molecular weight excluding hydrogens is 251 g/mol. The van der Waals surface area contributed by atoms with E-state index in [1.807, 2.05) is 19.1 Å². The van der Waals surface area contributed by atoms with E-state index >= 15 is 0 Å². The van der Waals surface area contributed by atoms with Crippen LogP contribution < -0.4 is 0 Å². The van der Waals surface area contributed by atoms with Crippen LogP contribution in [0.4, 0.5) is 0 Å². The SMILES string of the molecule is Cc1c(Br)ccc(C#CCO)c1Cl. The van der Waals surface area contributed by atoms with E-state index < -0.39 is 0 Å². The van der Waals surface area contributed by atoms with E-state index in [2.05, 4.69) is 27.8 Å². The lowest BCUT2D eigenvalue weighted by molar-refractivity contribution is 0.350. The van der Waals surface area contributed by atoms with Crippen LogP contribution in [0, 0.1) is 18.8 Å². The molecule has 0 saturated heterocycles. The van der Waals surface area contributed by atoms with Gasteiger partial charge < -0.3 is 5.11 Å². The summed E-state index contributed by atoms with van der Waals surface area (Å²) in [7, 11) is 0. The quantitative estimate of drug-likeness (QED) is 0.710. The second kappa shape index (κ2) is 4.66. The van der Waals surface area contributed by atoms with Crippen LogP contribution in [0.5, 0.6) is 0 Å². The minimum Gasteiger partial charge on any atom is -0.384 e. The average Bonchev–Trinajstić information content (AvgIpc) is 2.13. The highest BCUT2D eigenvalue weighted by atomic mass is 79.9. The first kappa shape index (κ1) is 10.6. The molecule has 0 aromatic heterocycles. The molecule has 0 aliphatic carbocycles. The van der Waals surface area contributed by atoms with Crippen molar-refractivity contribution in [2.24, 2.45) is 0 Å². The van der Waals surface area contributed by atoms with Gasteiger partial charge in [0.25, 0.3) is 0 Å². The zero-order chi connectivity index (χ0) is 9.84. The molecular formula is C10H8BrClO. The Kier molecular flexibility index (Phi) is 3.80. The van der Waals surface area contributed by atoms with Crippen LogP contribution in [0.3, 0.4) is 0 Å². The summed E-state index contributed by atoms with van der Waals surface area (Å²) in [6.07, 6.45) is 0. The summed E-state index contributed by atoms with van der Waals surface area (Å²) in [5.41, 5.74) is 1.71. The predicted molar refractivity (Wildman–Crippen MR) is 57.9 cm³/mol. The first-order valence-electron chi connectivity index (χ1n) is 3.71. The Hall–Kier alpha value is -0.490. The summed E-state index contributed by atoms with van der Waals surface area (Å²) in [5, 5.41) is 9.15. The van der Waals surface area contributed by atoms with Crippen LogP contribution in [-0.4, -0.2) is 11.7 Å². The molecule has 1 aromatic carbocycles. The second-order valence-electron chi connectivity index (χ2n) is 2.49. The highest BCUT2D eigenvalue weighted by Crippen LogP contribution is 2.26. The fraction of sp³-hybridized carbons (Fsp3) is 0.200. The maximum absolute atomic E-state index is 8.52. The maximum Gasteiger partial charge on any atom is 0.104 e. The van der Waals surface area contributed by atoms with Crippen molar-refractivity contribution in [2.75, 3.05) is 6.61 Å². The molecule has 1 nitrogen and oxygen atoms in total. The number of rotatable bonds is 0. The monoisotopic (exact) mass is 258 g/mol. The van der Waals surface area contributed by atoms with Crippen molar-refractivity contribution in [3.8, 4) is 11.8 Å². The van der Waals surface area contributed by atoms with Crippen LogP contribution in [0.25, 0.3) is 0 Å². The predicted octanol–water partition coefficient (Wildman–Crippen LogP) is 2.75. The second-order valence-corrected chi connectivity index (χ2v) is 3.73. The number of aliphatic hydroxyl groups is 1. The molecule has 0 unspecified atom stereocenters. The molecule has 0 bridgehead atoms. The van der Waals surface area contributed by atoms with Crippen LogP contribution >= 0.6 is 27.5 Å². The van der Waals surface area contributed by atoms with Gasteiger partial charge in [-0.3, -0.25) is 0 Å². The zero-order valence-electron chi connectivity index (χ0n) is 7.06. The topological polar surface area (TPSA) is 20.2 Å². The van der Waals surface area contributed by atoms with Crippen molar-refractivity contribution in [1.29, 1.82) is 0 Å². The Balaban J connectivity index is 3.18. The summed E-state index contributed by atoms with van der Waals surface area (Å²) in [4.78, 5) is 0. The van der Waals surface area contributed by atoms with Crippen molar-refractivity contribution < 1.29 is 5.11 Å². The minimum atomic E-state index is -0.147. The molecule has 0 spiro atoms. The van der Waals surface area contributed by atoms with Crippen molar-refractivity contribution >= 4 is 27.5 Å². The maximum atomic E-state index is 8.52. The van der Waals surface area contributed by atoms with Gasteiger partial charge >= 0.3 is 0 Å². The molecule has 1 N–H and O–H groups in total. The summed E-state index contributed by atoms with van der Waals surface area (Å²) in [6, 6.07) is 3.71. The highest BCUT2D eigenvalue weighted by molar-refractivity contribution is 9.10. The zero-order valence-corrected chi connectivity index (χ0v) is 9.41. The van der Waals surface area contributed by atoms with Crippen LogP contribution in [0.2, 0.25) is 5.02 Å². The van der Waals surface area contributed by atoms with Gasteiger partial charge in [0.05, 0.1) is 5.02 Å². The number of hydrogen-bond acceptors (Lipinski definition) is 1. The van der Waals surface area contributed by atoms with Crippen molar-refractivity contribution in [3.63, 3.8) is 0 Å². The summed E-state index contributed by atoms with van der Waals surface area (Å²) in [5.74, 6) is 5.34. The van der Waals surface area contributed by atoms with E-state index in [1.165, 1.54) is 0 Å². The highest BCUT2D eigenvalue weighted by Gasteiger charge is 2.03. The third-order valence-electron chi connectivity index (χ3n) is 1.62. The molecule has 1 aromatic rings. The van der Waals surface area contributed by atoms with E-state index in [-0.39, 0.29) is 6.61 Å². The lowest BCUT2D eigenvalue weighted by Gasteiger charge is -2.02. The van der Waals surface area contributed by atoms with Crippen molar-refractivity contribution in [1.82, 2.24) is 0 Å². The van der Waals surface area contributed by atoms with Crippen LogP contribution in [0.15, 0.2) is 16.6 Å². The summed E-state index contributed by atoms with van der Waals surface area (Å²) >= 11 is 9.39. The normalized spacial score (nSPS) is 9.23. The molecule has 0 radical (unpaired) electrons. The van der Waals surface area contributed by atoms with Crippen molar-refractivity contribution in [3.05, 3.63) is 32.8 Å². The smallest absolute Gasteiger partial charge is 0.104 e. The first-order chi connectivity index (χ1) is 6.16. The Morgan fingerprint density at radius 1 is 1.54 bits per heavy atom. The van der Waals surface area contributed by atoms with E-state index in [4.69, 9.17) is 16.7 Å². The van der Waals surface area contributed by atoms with E-state index in [1.54, 1.807) is 0 Å². The molecule has 0 heterocycles. The Bertz CT molecular complexity index is 376. The standard InChI is InChI=1S/C10H8BrClO/c1-7-9(11)5-4-8(10(7)12)3-2-6-13/h4-5,13H,6H2,1H3. The Morgan fingerprint density at radius 3 is 2.85 bits per heavy atom. The number of benzene rings is 1. The molecule has 0 atom stereocenters. The molecule has 1 rings (SSSR count).